The third kappa shape index (κ3) is 2.67. The monoisotopic (exact) mass is 297 g/mol. The lowest BCUT2D eigenvalue weighted by molar-refractivity contribution is 0.261. The number of aromatic amines is 1. The molecule has 118 valence electrons. The van der Waals surface area contributed by atoms with Crippen molar-refractivity contribution in [3.63, 3.8) is 0 Å². The Morgan fingerprint density at radius 2 is 2.23 bits per heavy atom. The highest BCUT2D eigenvalue weighted by atomic mass is 15.0. The van der Waals surface area contributed by atoms with Gasteiger partial charge in [-0.3, -0.25) is 0 Å². The zero-order valence-electron chi connectivity index (χ0n) is 13.7. The van der Waals surface area contributed by atoms with Crippen LogP contribution in [-0.4, -0.2) is 22.6 Å². The van der Waals surface area contributed by atoms with Gasteiger partial charge in [-0.25, -0.2) is 4.98 Å². The molecule has 4 unspecified atom stereocenters. The lowest BCUT2D eigenvalue weighted by atomic mass is 9.84. The van der Waals surface area contributed by atoms with Gasteiger partial charge in [-0.05, 0) is 68.6 Å². The van der Waals surface area contributed by atoms with Crippen LogP contribution in [0.4, 0.5) is 0 Å². The third-order valence-corrected chi connectivity index (χ3v) is 5.95. The average Bonchev–Trinajstić information content (AvgIpc) is 3.20. The van der Waals surface area contributed by atoms with Gasteiger partial charge in [0.25, 0.3) is 0 Å². The van der Waals surface area contributed by atoms with E-state index in [2.05, 4.69) is 42.3 Å². The summed E-state index contributed by atoms with van der Waals surface area (Å²) in [5, 5.41) is 3.75. The Morgan fingerprint density at radius 1 is 1.32 bits per heavy atom. The van der Waals surface area contributed by atoms with Crippen LogP contribution in [0.15, 0.2) is 18.2 Å². The van der Waals surface area contributed by atoms with Crippen molar-refractivity contribution in [1.29, 1.82) is 0 Å². The number of rotatable bonds is 5. The lowest BCUT2D eigenvalue weighted by Crippen LogP contribution is -2.37. The minimum Gasteiger partial charge on any atom is -0.342 e. The fourth-order valence-corrected chi connectivity index (χ4v) is 4.77. The minimum absolute atomic E-state index is 0.655. The van der Waals surface area contributed by atoms with Crippen LogP contribution in [0.2, 0.25) is 0 Å². The summed E-state index contributed by atoms with van der Waals surface area (Å²) in [4.78, 5) is 8.15. The largest absolute Gasteiger partial charge is 0.342 e. The van der Waals surface area contributed by atoms with Crippen molar-refractivity contribution in [3.8, 4) is 0 Å². The van der Waals surface area contributed by atoms with Gasteiger partial charge in [-0.2, -0.15) is 0 Å². The molecule has 4 atom stereocenters. The Labute approximate surface area is 132 Å². The molecule has 1 aromatic carbocycles. The number of hydrogen-bond acceptors (Lipinski definition) is 2. The average molecular weight is 297 g/mol. The summed E-state index contributed by atoms with van der Waals surface area (Å²) in [7, 11) is 0. The quantitative estimate of drug-likeness (QED) is 0.880. The Morgan fingerprint density at radius 3 is 3.00 bits per heavy atom. The Balaban J connectivity index is 1.32. The molecule has 1 heterocycles. The summed E-state index contributed by atoms with van der Waals surface area (Å²) >= 11 is 0. The van der Waals surface area contributed by atoms with Gasteiger partial charge < -0.3 is 10.3 Å². The van der Waals surface area contributed by atoms with E-state index in [1.54, 1.807) is 0 Å². The molecule has 2 aliphatic carbocycles. The smallest absolute Gasteiger partial charge is 0.108 e. The van der Waals surface area contributed by atoms with E-state index in [9.17, 15) is 0 Å². The second-order valence-corrected chi connectivity index (χ2v) is 7.54. The molecule has 2 aliphatic rings. The molecule has 2 N–H and O–H groups in total. The summed E-state index contributed by atoms with van der Waals surface area (Å²) in [6, 6.07) is 7.07. The third-order valence-electron chi connectivity index (χ3n) is 5.95. The maximum Gasteiger partial charge on any atom is 0.108 e. The highest BCUT2D eigenvalue weighted by Gasteiger charge is 2.41. The lowest BCUT2D eigenvalue weighted by Gasteiger charge is -2.28. The molecule has 2 saturated carbocycles. The van der Waals surface area contributed by atoms with Gasteiger partial charge in [-0.1, -0.05) is 12.5 Å². The standard InChI is InChI=1S/C19H27N3/c1-12-3-6-17-18(9-12)22-19(21-17)7-8-20-13(2)16-11-14-4-5-15(16)10-14/h3,6,9,13-16,20H,4-5,7-8,10-11H2,1-2H3,(H,21,22). The maximum atomic E-state index is 4.69. The van der Waals surface area contributed by atoms with Gasteiger partial charge in [-0.15, -0.1) is 0 Å². The Bertz CT molecular complexity index is 660. The number of aryl methyl sites for hydroxylation is 1. The molecule has 22 heavy (non-hydrogen) atoms. The maximum absolute atomic E-state index is 4.69. The van der Waals surface area contributed by atoms with Crippen molar-refractivity contribution in [2.75, 3.05) is 6.54 Å². The number of benzene rings is 1. The van der Waals surface area contributed by atoms with E-state index < -0.39 is 0 Å². The second-order valence-electron chi connectivity index (χ2n) is 7.54. The zero-order valence-corrected chi connectivity index (χ0v) is 13.7. The molecular weight excluding hydrogens is 270 g/mol. The molecule has 2 aromatic rings. The topological polar surface area (TPSA) is 40.7 Å². The number of aromatic nitrogens is 2. The summed E-state index contributed by atoms with van der Waals surface area (Å²) < 4.78 is 0. The first-order valence-electron chi connectivity index (χ1n) is 8.87. The number of nitrogens with one attached hydrogen (secondary N) is 2. The zero-order chi connectivity index (χ0) is 15.1. The SMILES string of the molecule is Cc1ccc2nc(CCNC(C)C3CC4CCC3C4)[nH]c2c1. The first-order valence-corrected chi connectivity index (χ1v) is 8.87. The van der Waals surface area contributed by atoms with Crippen LogP contribution in [0.1, 0.15) is 44.0 Å². The molecule has 0 aliphatic heterocycles. The van der Waals surface area contributed by atoms with Gasteiger partial charge >= 0.3 is 0 Å². The van der Waals surface area contributed by atoms with E-state index in [0.717, 1.165) is 47.6 Å². The minimum atomic E-state index is 0.655. The molecule has 2 bridgehead atoms. The van der Waals surface area contributed by atoms with Gasteiger partial charge in [0.1, 0.15) is 5.82 Å². The van der Waals surface area contributed by atoms with Crippen LogP contribution >= 0.6 is 0 Å². The molecule has 0 radical (unpaired) electrons. The molecule has 0 saturated heterocycles. The summed E-state index contributed by atoms with van der Waals surface area (Å²) in [6.07, 6.45) is 6.91. The van der Waals surface area contributed by atoms with Crippen molar-refractivity contribution < 1.29 is 0 Å². The van der Waals surface area contributed by atoms with Gasteiger partial charge in [0.15, 0.2) is 0 Å². The first kappa shape index (κ1) is 14.3. The van der Waals surface area contributed by atoms with Crippen LogP contribution in [0.25, 0.3) is 11.0 Å². The van der Waals surface area contributed by atoms with Crippen LogP contribution in [0.3, 0.4) is 0 Å². The number of nitrogens with zero attached hydrogens (tertiary/aromatic N) is 1. The predicted molar refractivity (Wildman–Crippen MR) is 90.9 cm³/mol. The Kier molecular flexibility index (Phi) is 3.69. The van der Waals surface area contributed by atoms with E-state index in [1.165, 1.54) is 31.2 Å². The van der Waals surface area contributed by atoms with Crippen molar-refractivity contribution in [2.24, 2.45) is 17.8 Å². The van der Waals surface area contributed by atoms with Gasteiger partial charge in [0.2, 0.25) is 0 Å². The van der Waals surface area contributed by atoms with Crippen LogP contribution in [0.5, 0.6) is 0 Å². The highest BCUT2D eigenvalue weighted by Crippen LogP contribution is 2.49. The fraction of sp³-hybridized carbons (Fsp3) is 0.632. The van der Waals surface area contributed by atoms with Gasteiger partial charge in [0, 0.05) is 19.0 Å². The summed E-state index contributed by atoms with van der Waals surface area (Å²) in [6.45, 7) is 5.53. The van der Waals surface area contributed by atoms with Crippen molar-refractivity contribution >= 4 is 11.0 Å². The fourth-order valence-electron chi connectivity index (χ4n) is 4.77. The van der Waals surface area contributed by atoms with Crippen LogP contribution in [-0.2, 0) is 6.42 Å². The number of H-pyrrole nitrogens is 1. The normalized spacial score (nSPS) is 28.5. The summed E-state index contributed by atoms with van der Waals surface area (Å²) in [5.41, 5.74) is 3.53. The number of imidazole rings is 1. The number of hydrogen-bond donors (Lipinski definition) is 2. The van der Waals surface area contributed by atoms with Gasteiger partial charge in [0.05, 0.1) is 11.0 Å². The molecule has 1 aromatic heterocycles. The van der Waals surface area contributed by atoms with Crippen LogP contribution < -0.4 is 5.32 Å². The molecule has 2 fully saturated rings. The Hall–Kier alpha value is -1.35. The van der Waals surface area contributed by atoms with E-state index >= 15 is 0 Å². The molecule has 0 amide bonds. The molecule has 4 rings (SSSR count). The van der Waals surface area contributed by atoms with E-state index in [4.69, 9.17) is 4.98 Å². The van der Waals surface area contributed by atoms with Crippen molar-refractivity contribution in [3.05, 3.63) is 29.6 Å². The van der Waals surface area contributed by atoms with Crippen molar-refractivity contribution in [1.82, 2.24) is 15.3 Å². The summed E-state index contributed by atoms with van der Waals surface area (Å²) in [5.74, 6) is 4.06. The van der Waals surface area contributed by atoms with Crippen LogP contribution in [0, 0.1) is 24.7 Å². The van der Waals surface area contributed by atoms with E-state index in [-0.39, 0.29) is 0 Å². The molecule has 0 spiro atoms. The van der Waals surface area contributed by atoms with E-state index in [1.807, 2.05) is 0 Å². The highest BCUT2D eigenvalue weighted by molar-refractivity contribution is 5.75. The first-order chi connectivity index (χ1) is 10.7. The molecular formula is C19H27N3. The second kappa shape index (κ2) is 5.69. The molecule has 3 nitrogen and oxygen atoms in total. The molecule has 3 heteroatoms. The van der Waals surface area contributed by atoms with Crippen molar-refractivity contribution in [2.45, 2.75) is 52.0 Å². The number of fused-ring (bicyclic) bond motifs is 3. The van der Waals surface area contributed by atoms with E-state index in [0.29, 0.717) is 6.04 Å². The predicted octanol–water partition coefficient (Wildman–Crippen LogP) is 3.83.